The van der Waals surface area contributed by atoms with Crippen LogP contribution >= 0.6 is 0 Å². The maximum Gasteiger partial charge on any atom is 0.330 e. The normalized spacial score (nSPS) is 10.9. The molecule has 0 aliphatic carbocycles. The lowest BCUT2D eigenvalue weighted by Gasteiger charge is -2.26. The minimum absolute atomic E-state index is 0.293. The fourth-order valence-electron chi connectivity index (χ4n) is 7.46. The zero-order valence-corrected chi connectivity index (χ0v) is 32.6. The van der Waals surface area contributed by atoms with Gasteiger partial charge in [-0.25, -0.2) is 9.59 Å². The predicted octanol–water partition coefficient (Wildman–Crippen LogP) is 12.3. The third-order valence-corrected chi connectivity index (χ3v) is 10.3. The quantitative estimate of drug-likeness (QED) is 0.0764. The van der Waals surface area contributed by atoms with Gasteiger partial charge in [-0.15, -0.1) is 0 Å². The number of carbonyl (C=O) groups excluding carboxylic acids is 2. The average molecular weight is 774 g/mol. The Balaban J connectivity index is 1.22. The zero-order valence-electron chi connectivity index (χ0n) is 32.6. The molecule has 0 aliphatic heterocycles. The molecule has 8 aromatic rings. The van der Waals surface area contributed by atoms with E-state index in [-0.39, 0.29) is 0 Å². The first-order valence-electron chi connectivity index (χ1n) is 19.6. The summed E-state index contributed by atoms with van der Waals surface area (Å²) in [5.41, 5.74) is 11.5. The molecular weight excluding hydrogens is 731 g/mol. The van der Waals surface area contributed by atoms with Crippen LogP contribution in [0.5, 0.6) is 0 Å². The largest absolute Gasteiger partial charge is 0.462 e. The Morgan fingerprint density at radius 1 is 0.458 bits per heavy atom. The van der Waals surface area contributed by atoms with Gasteiger partial charge in [0, 0.05) is 75.6 Å². The fraction of sp³-hybridized carbons (Fsp3) is 0.0769. The standard InChI is InChI=1S/C52H43N3O4/c1-3-51(56)58-34-32-38-20-24-43(25-21-38)53(40-14-8-5-9-15-40)45-28-30-47-48-31-29-46(37-50(48)55(49(47)36-45)42-18-12-7-13-19-42)54(41-16-10-6-11-17-41)44-26-22-39(23-27-44)33-35-59-52(57)4-2/h3-31,36-37H,1-2,32-35H2. The molecular formula is C52H43N3O4. The Morgan fingerprint density at radius 2 is 0.814 bits per heavy atom. The Labute approximate surface area is 344 Å². The molecule has 0 amide bonds. The molecule has 7 aromatic carbocycles. The molecule has 0 spiro atoms. The van der Waals surface area contributed by atoms with Crippen molar-refractivity contribution in [1.82, 2.24) is 4.57 Å². The smallest absolute Gasteiger partial charge is 0.330 e. The lowest BCUT2D eigenvalue weighted by Crippen LogP contribution is -2.10. The van der Waals surface area contributed by atoms with Crippen molar-refractivity contribution in [1.29, 1.82) is 0 Å². The summed E-state index contributed by atoms with van der Waals surface area (Å²) in [5.74, 6) is -0.837. The van der Waals surface area contributed by atoms with Gasteiger partial charge >= 0.3 is 11.9 Å². The third kappa shape index (κ3) is 8.41. The number of fused-ring (bicyclic) bond motifs is 3. The summed E-state index contributed by atoms with van der Waals surface area (Å²) in [4.78, 5) is 27.7. The second-order valence-electron chi connectivity index (χ2n) is 14.0. The zero-order chi connectivity index (χ0) is 40.6. The van der Waals surface area contributed by atoms with E-state index in [1.165, 1.54) is 12.2 Å². The van der Waals surface area contributed by atoms with Gasteiger partial charge in [0.15, 0.2) is 0 Å². The summed E-state index contributed by atoms with van der Waals surface area (Å²) in [7, 11) is 0. The number of hydrogen-bond donors (Lipinski definition) is 0. The number of hydrogen-bond acceptors (Lipinski definition) is 6. The Bertz CT molecular complexity index is 2560. The molecule has 7 heteroatoms. The van der Waals surface area contributed by atoms with Gasteiger partial charge in [-0.05, 0) is 96.1 Å². The van der Waals surface area contributed by atoms with E-state index in [1.807, 2.05) is 18.2 Å². The predicted molar refractivity (Wildman–Crippen MR) is 240 cm³/mol. The van der Waals surface area contributed by atoms with E-state index in [0.29, 0.717) is 26.1 Å². The molecule has 0 fully saturated rings. The van der Waals surface area contributed by atoms with Crippen molar-refractivity contribution in [2.75, 3.05) is 23.0 Å². The van der Waals surface area contributed by atoms with Crippen molar-refractivity contribution in [3.63, 3.8) is 0 Å². The summed E-state index contributed by atoms with van der Waals surface area (Å²) < 4.78 is 12.8. The molecule has 0 atom stereocenters. The Hall–Kier alpha value is -7.64. The number of esters is 2. The van der Waals surface area contributed by atoms with Gasteiger partial charge in [-0.2, -0.15) is 0 Å². The van der Waals surface area contributed by atoms with Crippen LogP contribution in [0.4, 0.5) is 34.1 Å². The van der Waals surface area contributed by atoms with Crippen molar-refractivity contribution in [3.8, 4) is 5.69 Å². The van der Waals surface area contributed by atoms with Crippen LogP contribution in [-0.4, -0.2) is 29.7 Å². The molecule has 1 heterocycles. The van der Waals surface area contributed by atoms with E-state index in [9.17, 15) is 9.59 Å². The van der Waals surface area contributed by atoms with Crippen molar-refractivity contribution >= 4 is 67.9 Å². The number of carbonyl (C=O) groups is 2. The number of rotatable bonds is 15. The summed E-state index contributed by atoms with van der Waals surface area (Å²) in [5, 5.41) is 2.29. The highest BCUT2D eigenvalue weighted by atomic mass is 16.5. The number of anilines is 6. The fourth-order valence-corrected chi connectivity index (χ4v) is 7.46. The van der Waals surface area contributed by atoms with Gasteiger partial charge in [0.1, 0.15) is 0 Å². The van der Waals surface area contributed by atoms with Gasteiger partial charge in [0.2, 0.25) is 0 Å². The first-order chi connectivity index (χ1) is 29.0. The third-order valence-electron chi connectivity index (χ3n) is 10.3. The number of ether oxygens (including phenoxy) is 2. The van der Waals surface area contributed by atoms with Crippen LogP contribution in [0, 0.1) is 0 Å². The van der Waals surface area contributed by atoms with Gasteiger partial charge in [-0.1, -0.05) is 104 Å². The van der Waals surface area contributed by atoms with E-state index >= 15 is 0 Å². The lowest BCUT2D eigenvalue weighted by molar-refractivity contribution is -0.138. The van der Waals surface area contributed by atoms with Crippen LogP contribution in [0.1, 0.15) is 11.1 Å². The summed E-state index contributed by atoms with van der Waals surface area (Å²) in [6.45, 7) is 7.55. The molecule has 0 saturated heterocycles. The molecule has 8 rings (SSSR count). The van der Waals surface area contributed by atoms with Crippen molar-refractivity contribution < 1.29 is 19.1 Å². The van der Waals surface area contributed by atoms with Crippen LogP contribution in [0.3, 0.4) is 0 Å². The number of aromatic nitrogens is 1. The topological polar surface area (TPSA) is 64.0 Å². The van der Waals surface area contributed by atoms with Gasteiger partial charge in [0.05, 0.1) is 24.2 Å². The maximum absolute atomic E-state index is 11.6. The molecule has 7 nitrogen and oxygen atoms in total. The van der Waals surface area contributed by atoms with Crippen LogP contribution in [0.2, 0.25) is 0 Å². The van der Waals surface area contributed by atoms with Crippen molar-refractivity contribution in [3.05, 3.63) is 212 Å². The highest BCUT2D eigenvalue weighted by molar-refractivity contribution is 6.11. The molecule has 1 aromatic heterocycles. The monoisotopic (exact) mass is 773 g/mol. The minimum atomic E-state index is -0.418. The Morgan fingerprint density at radius 3 is 1.20 bits per heavy atom. The number of benzene rings is 7. The molecule has 0 aliphatic rings. The summed E-state index contributed by atoms with van der Waals surface area (Å²) in [6.07, 6.45) is 3.59. The molecule has 0 bridgehead atoms. The highest BCUT2D eigenvalue weighted by Crippen LogP contribution is 2.42. The van der Waals surface area contributed by atoms with Crippen LogP contribution in [-0.2, 0) is 31.9 Å². The van der Waals surface area contributed by atoms with E-state index in [0.717, 1.165) is 72.7 Å². The van der Waals surface area contributed by atoms with Gasteiger partial charge < -0.3 is 23.8 Å². The van der Waals surface area contributed by atoms with E-state index in [2.05, 4.69) is 185 Å². The first kappa shape index (κ1) is 38.2. The first-order valence-corrected chi connectivity index (χ1v) is 19.6. The van der Waals surface area contributed by atoms with Crippen molar-refractivity contribution in [2.45, 2.75) is 12.8 Å². The highest BCUT2D eigenvalue weighted by Gasteiger charge is 2.20. The second kappa shape index (κ2) is 17.7. The number of para-hydroxylation sites is 3. The SMILES string of the molecule is C=CC(=O)OCCc1ccc(N(c2ccccc2)c2ccc3c4ccc(N(c5ccccc5)c5ccc(CCOC(=O)C=C)cc5)cc4n(-c4ccccc4)c3c2)cc1. The lowest BCUT2D eigenvalue weighted by atomic mass is 10.1. The molecule has 0 saturated carbocycles. The molecule has 290 valence electrons. The van der Waals surface area contributed by atoms with E-state index < -0.39 is 11.9 Å². The molecule has 0 unspecified atom stereocenters. The minimum Gasteiger partial charge on any atom is -0.462 e. The summed E-state index contributed by atoms with van der Waals surface area (Å²) in [6, 6.07) is 61.4. The second-order valence-corrected chi connectivity index (χ2v) is 14.0. The number of nitrogens with zero attached hydrogens (tertiary/aromatic N) is 3. The van der Waals surface area contributed by atoms with Gasteiger partial charge in [-0.3, -0.25) is 0 Å². The average Bonchev–Trinajstić information content (AvgIpc) is 3.61. The van der Waals surface area contributed by atoms with Gasteiger partial charge in [0.25, 0.3) is 0 Å². The van der Waals surface area contributed by atoms with Crippen LogP contribution < -0.4 is 9.80 Å². The molecule has 0 radical (unpaired) electrons. The van der Waals surface area contributed by atoms with Crippen molar-refractivity contribution in [2.24, 2.45) is 0 Å². The molecule has 59 heavy (non-hydrogen) atoms. The van der Waals surface area contributed by atoms with E-state index in [1.54, 1.807) is 0 Å². The van der Waals surface area contributed by atoms with Crippen LogP contribution in [0.25, 0.3) is 27.5 Å². The summed E-state index contributed by atoms with van der Waals surface area (Å²) >= 11 is 0. The maximum atomic E-state index is 11.6. The van der Waals surface area contributed by atoms with E-state index in [4.69, 9.17) is 9.47 Å². The Kier molecular flexibility index (Phi) is 11.4. The van der Waals surface area contributed by atoms with Crippen LogP contribution in [0.15, 0.2) is 201 Å². The molecule has 0 N–H and O–H groups in total.